The second-order valence-corrected chi connectivity index (χ2v) is 6.26. The molecule has 0 heterocycles. The maximum atomic E-state index is 12.0. The van der Waals surface area contributed by atoms with Gasteiger partial charge in [-0.2, -0.15) is 0 Å². The molecule has 0 aromatic heterocycles. The van der Waals surface area contributed by atoms with Gasteiger partial charge in [-0.25, -0.2) is 0 Å². The summed E-state index contributed by atoms with van der Waals surface area (Å²) in [5.74, 6) is -0.0720. The zero-order valence-corrected chi connectivity index (χ0v) is 13.2. The molecule has 1 aromatic carbocycles. The minimum Gasteiger partial charge on any atom is -0.372 e. The number of ether oxygens (including phenoxy) is 1. The lowest BCUT2D eigenvalue weighted by Gasteiger charge is -2.43. The Morgan fingerprint density at radius 3 is 2.65 bits per heavy atom. The Kier molecular flexibility index (Phi) is 4.95. The SMILES string of the molecule is COC(C)C(=O)NC1(Cc2ccc(Cl)cc2Cl)CCC1. The predicted molar refractivity (Wildman–Crippen MR) is 81.4 cm³/mol. The molecule has 110 valence electrons. The minimum atomic E-state index is -0.437. The number of carbonyl (C=O) groups is 1. The van der Waals surface area contributed by atoms with E-state index in [4.69, 9.17) is 27.9 Å². The molecule has 1 amide bonds. The van der Waals surface area contributed by atoms with Crippen LogP contribution in [0, 0.1) is 0 Å². The van der Waals surface area contributed by atoms with Crippen LogP contribution < -0.4 is 5.32 Å². The minimum absolute atomic E-state index is 0.0720. The quantitative estimate of drug-likeness (QED) is 0.901. The molecule has 5 heteroatoms. The summed E-state index contributed by atoms with van der Waals surface area (Å²) < 4.78 is 5.06. The molecule has 1 saturated carbocycles. The maximum absolute atomic E-state index is 12.0. The van der Waals surface area contributed by atoms with Crippen molar-refractivity contribution in [3.05, 3.63) is 33.8 Å². The van der Waals surface area contributed by atoms with Gasteiger partial charge >= 0.3 is 0 Å². The van der Waals surface area contributed by atoms with Gasteiger partial charge in [-0.3, -0.25) is 4.79 Å². The van der Waals surface area contributed by atoms with Crippen molar-refractivity contribution in [1.29, 1.82) is 0 Å². The van der Waals surface area contributed by atoms with Gasteiger partial charge in [-0.15, -0.1) is 0 Å². The monoisotopic (exact) mass is 315 g/mol. The lowest BCUT2D eigenvalue weighted by Crippen LogP contribution is -2.57. The molecular weight excluding hydrogens is 297 g/mol. The predicted octanol–water partition coefficient (Wildman–Crippen LogP) is 3.61. The van der Waals surface area contributed by atoms with Crippen LogP contribution >= 0.6 is 23.2 Å². The van der Waals surface area contributed by atoms with E-state index in [9.17, 15) is 4.79 Å². The summed E-state index contributed by atoms with van der Waals surface area (Å²) in [5, 5.41) is 4.39. The Bertz CT molecular complexity index is 501. The number of carbonyl (C=O) groups excluding carboxylic acids is 1. The fourth-order valence-corrected chi connectivity index (χ4v) is 2.92. The van der Waals surface area contributed by atoms with E-state index in [2.05, 4.69) is 5.32 Å². The van der Waals surface area contributed by atoms with Crippen LogP contribution in [0.25, 0.3) is 0 Å². The Morgan fingerprint density at radius 2 is 2.15 bits per heavy atom. The molecule has 0 bridgehead atoms. The standard InChI is InChI=1S/C15H19Cl2NO2/c1-10(20-2)14(19)18-15(6-3-7-15)9-11-4-5-12(16)8-13(11)17/h4-5,8,10H,3,6-7,9H2,1-2H3,(H,18,19). The van der Waals surface area contributed by atoms with Gasteiger partial charge in [0, 0.05) is 22.7 Å². The molecule has 1 N–H and O–H groups in total. The summed E-state index contributed by atoms with van der Waals surface area (Å²) in [6.07, 6.45) is 3.34. The summed E-state index contributed by atoms with van der Waals surface area (Å²) in [6.45, 7) is 1.75. The molecular formula is C15H19Cl2NO2. The van der Waals surface area contributed by atoms with Crippen LogP contribution in [-0.2, 0) is 16.0 Å². The molecule has 0 radical (unpaired) electrons. The van der Waals surface area contributed by atoms with E-state index < -0.39 is 6.10 Å². The molecule has 0 saturated heterocycles. The highest BCUT2D eigenvalue weighted by Gasteiger charge is 2.39. The average Bonchev–Trinajstić information content (AvgIpc) is 2.37. The van der Waals surface area contributed by atoms with Gasteiger partial charge in [0.05, 0.1) is 0 Å². The molecule has 1 aliphatic rings. The van der Waals surface area contributed by atoms with E-state index in [-0.39, 0.29) is 11.4 Å². The molecule has 1 aromatic rings. The van der Waals surface area contributed by atoms with Crippen molar-refractivity contribution in [2.45, 2.75) is 44.2 Å². The van der Waals surface area contributed by atoms with Crippen molar-refractivity contribution in [2.75, 3.05) is 7.11 Å². The van der Waals surface area contributed by atoms with Crippen LogP contribution in [0.15, 0.2) is 18.2 Å². The summed E-state index contributed by atoms with van der Waals surface area (Å²) in [5.41, 5.74) is 0.822. The number of benzene rings is 1. The molecule has 1 unspecified atom stereocenters. The first-order valence-electron chi connectivity index (χ1n) is 6.74. The van der Waals surface area contributed by atoms with Crippen molar-refractivity contribution < 1.29 is 9.53 Å². The third-order valence-corrected chi connectivity index (χ3v) is 4.55. The molecule has 0 aliphatic heterocycles. The van der Waals surface area contributed by atoms with Gasteiger partial charge in [-0.1, -0.05) is 29.3 Å². The van der Waals surface area contributed by atoms with Gasteiger partial charge in [0.15, 0.2) is 0 Å². The zero-order chi connectivity index (χ0) is 14.8. The van der Waals surface area contributed by atoms with Crippen LogP contribution in [0.3, 0.4) is 0 Å². The van der Waals surface area contributed by atoms with E-state index in [1.165, 1.54) is 7.11 Å². The number of halogens is 2. The first-order chi connectivity index (χ1) is 9.46. The van der Waals surface area contributed by atoms with Crippen molar-refractivity contribution in [1.82, 2.24) is 5.32 Å². The van der Waals surface area contributed by atoms with Crippen molar-refractivity contribution in [3.8, 4) is 0 Å². The molecule has 0 spiro atoms. The Balaban J connectivity index is 2.10. The maximum Gasteiger partial charge on any atom is 0.249 e. The first-order valence-corrected chi connectivity index (χ1v) is 7.50. The largest absolute Gasteiger partial charge is 0.372 e. The first kappa shape index (κ1) is 15.6. The summed E-state index contributed by atoms with van der Waals surface area (Å²) in [4.78, 5) is 12.0. The summed E-state index contributed by atoms with van der Waals surface area (Å²) in [6, 6.07) is 5.50. The van der Waals surface area contributed by atoms with E-state index >= 15 is 0 Å². The van der Waals surface area contributed by atoms with Gasteiger partial charge in [-0.05, 0) is 50.3 Å². The van der Waals surface area contributed by atoms with Gasteiger partial charge in [0.1, 0.15) is 6.10 Å². The number of nitrogens with one attached hydrogen (secondary N) is 1. The highest BCUT2D eigenvalue weighted by atomic mass is 35.5. The summed E-state index contributed by atoms with van der Waals surface area (Å²) in [7, 11) is 1.54. The molecule has 20 heavy (non-hydrogen) atoms. The highest BCUT2D eigenvalue weighted by Crippen LogP contribution is 2.37. The molecule has 3 nitrogen and oxygen atoms in total. The van der Waals surface area contributed by atoms with Crippen LogP contribution in [-0.4, -0.2) is 24.7 Å². The van der Waals surface area contributed by atoms with Crippen molar-refractivity contribution >= 4 is 29.1 Å². The Labute approximate surface area is 129 Å². The fourth-order valence-electron chi connectivity index (χ4n) is 2.45. The lowest BCUT2D eigenvalue weighted by atomic mass is 9.72. The van der Waals surface area contributed by atoms with Gasteiger partial charge in [0.25, 0.3) is 0 Å². The van der Waals surface area contributed by atoms with Crippen molar-refractivity contribution in [3.63, 3.8) is 0 Å². The lowest BCUT2D eigenvalue weighted by molar-refractivity contribution is -0.133. The van der Waals surface area contributed by atoms with Crippen LogP contribution in [0.5, 0.6) is 0 Å². The third-order valence-electron chi connectivity index (χ3n) is 3.97. The third kappa shape index (κ3) is 3.46. The van der Waals surface area contributed by atoms with E-state index in [0.29, 0.717) is 10.0 Å². The van der Waals surface area contributed by atoms with Gasteiger partial charge in [0.2, 0.25) is 5.91 Å². The number of methoxy groups -OCH3 is 1. The van der Waals surface area contributed by atoms with E-state index in [1.807, 2.05) is 12.1 Å². The Hall–Kier alpha value is -0.770. The Morgan fingerprint density at radius 1 is 1.45 bits per heavy atom. The molecule has 1 fully saturated rings. The summed E-state index contributed by atoms with van der Waals surface area (Å²) >= 11 is 12.1. The van der Waals surface area contributed by atoms with Crippen LogP contribution in [0.2, 0.25) is 10.0 Å². The number of hydrogen-bond donors (Lipinski definition) is 1. The fraction of sp³-hybridized carbons (Fsp3) is 0.533. The van der Waals surface area contributed by atoms with Crippen LogP contribution in [0.1, 0.15) is 31.7 Å². The molecule has 1 atom stereocenters. The van der Waals surface area contributed by atoms with Crippen molar-refractivity contribution in [2.24, 2.45) is 0 Å². The smallest absolute Gasteiger partial charge is 0.249 e. The normalized spacial score (nSPS) is 18.2. The zero-order valence-electron chi connectivity index (χ0n) is 11.7. The van der Waals surface area contributed by atoms with Gasteiger partial charge < -0.3 is 10.1 Å². The second-order valence-electron chi connectivity index (χ2n) is 5.41. The van der Waals surface area contributed by atoms with Crippen LogP contribution in [0.4, 0.5) is 0 Å². The molecule has 1 aliphatic carbocycles. The number of amides is 1. The topological polar surface area (TPSA) is 38.3 Å². The van der Waals surface area contributed by atoms with E-state index in [0.717, 1.165) is 31.2 Å². The number of rotatable bonds is 5. The number of hydrogen-bond acceptors (Lipinski definition) is 2. The second kappa shape index (κ2) is 6.33. The average molecular weight is 316 g/mol. The highest BCUT2D eigenvalue weighted by molar-refractivity contribution is 6.35. The van der Waals surface area contributed by atoms with E-state index in [1.54, 1.807) is 13.0 Å². The molecule has 2 rings (SSSR count).